The minimum absolute atomic E-state index is 0.108. The molecule has 0 unspecified atom stereocenters. The highest BCUT2D eigenvalue weighted by Crippen LogP contribution is 2.22. The second-order valence-corrected chi connectivity index (χ2v) is 5.06. The van der Waals surface area contributed by atoms with Gasteiger partial charge in [0.15, 0.2) is 0 Å². The monoisotopic (exact) mass is 297 g/mol. The maximum absolute atomic E-state index is 12.0. The van der Waals surface area contributed by atoms with Crippen LogP contribution in [0.2, 0.25) is 0 Å². The number of halogens is 1. The van der Waals surface area contributed by atoms with Gasteiger partial charge in [0.1, 0.15) is 0 Å². The molecule has 17 heavy (non-hydrogen) atoms. The van der Waals surface area contributed by atoms with Crippen LogP contribution in [-0.4, -0.2) is 35.0 Å². The molecule has 5 heteroatoms. The Morgan fingerprint density at radius 1 is 1.41 bits per heavy atom. The summed E-state index contributed by atoms with van der Waals surface area (Å²) in [4.78, 5) is 24.2. The molecule has 0 aliphatic carbocycles. The maximum Gasteiger partial charge on any atom is 0.310 e. The van der Waals surface area contributed by atoms with Crippen LogP contribution in [0.3, 0.4) is 0 Å². The van der Waals surface area contributed by atoms with Gasteiger partial charge in [-0.25, -0.2) is 0 Å². The Morgan fingerprint density at radius 3 is 2.59 bits per heavy atom. The minimum atomic E-state index is -0.834. The molecule has 1 aromatic rings. The van der Waals surface area contributed by atoms with Crippen LogP contribution >= 0.6 is 15.9 Å². The molecule has 0 bridgehead atoms. The van der Waals surface area contributed by atoms with E-state index >= 15 is 0 Å². The summed E-state index contributed by atoms with van der Waals surface area (Å²) in [7, 11) is 0. The molecule has 1 fully saturated rings. The van der Waals surface area contributed by atoms with Gasteiger partial charge in [-0.05, 0) is 24.6 Å². The average molecular weight is 298 g/mol. The number of carboxylic acid groups (broad SMARTS) is 1. The normalized spacial score (nSPS) is 15.5. The number of hydrogen-bond donors (Lipinski definition) is 1. The second kappa shape index (κ2) is 4.49. The molecule has 0 spiro atoms. The molecule has 4 nitrogen and oxygen atoms in total. The zero-order valence-electron chi connectivity index (χ0n) is 9.31. The Balaban J connectivity index is 2.06. The number of aliphatic carboxylic acids is 1. The summed E-state index contributed by atoms with van der Waals surface area (Å²) in [6, 6.07) is 5.40. The van der Waals surface area contributed by atoms with Gasteiger partial charge in [0.05, 0.1) is 5.92 Å². The number of carbonyl (C=O) groups excluding carboxylic acids is 1. The van der Waals surface area contributed by atoms with E-state index in [-0.39, 0.29) is 5.91 Å². The van der Waals surface area contributed by atoms with Crippen LogP contribution in [-0.2, 0) is 4.79 Å². The molecule has 0 saturated carbocycles. The predicted molar refractivity (Wildman–Crippen MR) is 65.9 cm³/mol. The van der Waals surface area contributed by atoms with Crippen LogP contribution in [0, 0.1) is 12.8 Å². The van der Waals surface area contributed by atoms with Crippen molar-refractivity contribution in [3.8, 4) is 0 Å². The van der Waals surface area contributed by atoms with Crippen LogP contribution in [0.15, 0.2) is 22.7 Å². The van der Waals surface area contributed by atoms with Crippen molar-refractivity contribution in [3.63, 3.8) is 0 Å². The third kappa shape index (κ3) is 2.34. The second-order valence-electron chi connectivity index (χ2n) is 4.21. The van der Waals surface area contributed by atoms with Gasteiger partial charge >= 0.3 is 5.97 Å². The van der Waals surface area contributed by atoms with Crippen LogP contribution in [0.1, 0.15) is 15.9 Å². The van der Waals surface area contributed by atoms with E-state index in [9.17, 15) is 9.59 Å². The number of carboxylic acids is 1. The molecule has 2 rings (SSSR count). The van der Waals surface area contributed by atoms with Crippen molar-refractivity contribution < 1.29 is 14.7 Å². The Bertz CT molecular complexity index is 481. The van der Waals surface area contributed by atoms with E-state index < -0.39 is 11.9 Å². The molecule has 1 aliphatic rings. The first-order valence-corrected chi connectivity index (χ1v) is 6.06. The first kappa shape index (κ1) is 12.1. The van der Waals surface area contributed by atoms with E-state index in [1.165, 1.54) is 0 Å². The molecule has 1 N–H and O–H groups in total. The lowest BCUT2D eigenvalue weighted by atomic mass is 9.99. The summed E-state index contributed by atoms with van der Waals surface area (Å²) in [6.07, 6.45) is 0. The number of amides is 1. The summed E-state index contributed by atoms with van der Waals surface area (Å²) in [6.45, 7) is 2.56. The van der Waals surface area contributed by atoms with Crippen LogP contribution < -0.4 is 0 Å². The highest BCUT2D eigenvalue weighted by Gasteiger charge is 2.35. The summed E-state index contributed by atoms with van der Waals surface area (Å²) >= 11 is 3.37. The van der Waals surface area contributed by atoms with E-state index in [0.717, 1.165) is 10.0 Å². The largest absolute Gasteiger partial charge is 0.481 e. The first-order valence-electron chi connectivity index (χ1n) is 5.27. The van der Waals surface area contributed by atoms with E-state index in [0.29, 0.717) is 18.7 Å². The lowest BCUT2D eigenvalue weighted by Crippen LogP contribution is -2.53. The van der Waals surface area contributed by atoms with Gasteiger partial charge in [0.2, 0.25) is 0 Å². The Kier molecular flexibility index (Phi) is 3.19. The molecule has 0 aromatic heterocycles. The van der Waals surface area contributed by atoms with Gasteiger partial charge in [0, 0.05) is 23.1 Å². The number of aryl methyl sites for hydroxylation is 1. The smallest absolute Gasteiger partial charge is 0.310 e. The molecule has 1 amide bonds. The van der Waals surface area contributed by atoms with Crippen molar-refractivity contribution in [3.05, 3.63) is 33.8 Å². The van der Waals surface area contributed by atoms with Crippen molar-refractivity contribution in [2.45, 2.75) is 6.92 Å². The Hall–Kier alpha value is -1.36. The fourth-order valence-electron chi connectivity index (χ4n) is 1.71. The number of benzene rings is 1. The van der Waals surface area contributed by atoms with Gasteiger partial charge < -0.3 is 10.0 Å². The van der Waals surface area contributed by atoms with Crippen molar-refractivity contribution in [2.75, 3.05) is 13.1 Å². The van der Waals surface area contributed by atoms with Crippen LogP contribution in [0.5, 0.6) is 0 Å². The number of nitrogens with zero attached hydrogens (tertiary/aromatic N) is 1. The summed E-state index contributed by atoms with van der Waals surface area (Å²) in [5.74, 6) is -1.35. The Morgan fingerprint density at radius 2 is 2.06 bits per heavy atom. The van der Waals surface area contributed by atoms with Gasteiger partial charge in [-0.15, -0.1) is 0 Å². The molecular weight excluding hydrogens is 286 g/mol. The van der Waals surface area contributed by atoms with Crippen LogP contribution in [0.25, 0.3) is 0 Å². The highest BCUT2D eigenvalue weighted by molar-refractivity contribution is 9.10. The SMILES string of the molecule is Cc1ccc(C(=O)N2CC(C(=O)O)C2)cc1Br. The summed E-state index contributed by atoms with van der Waals surface area (Å²) in [5.41, 5.74) is 1.65. The predicted octanol–water partition coefficient (Wildman–Crippen LogP) is 1.91. The van der Waals surface area contributed by atoms with Crippen molar-refractivity contribution >= 4 is 27.8 Å². The number of rotatable bonds is 2. The first-order chi connectivity index (χ1) is 7.99. The minimum Gasteiger partial charge on any atom is -0.481 e. The third-order valence-electron chi connectivity index (χ3n) is 2.94. The van der Waals surface area contributed by atoms with E-state index in [4.69, 9.17) is 5.11 Å². The van der Waals surface area contributed by atoms with Crippen LogP contribution in [0.4, 0.5) is 0 Å². The van der Waals surface area contributed by atoms with Gasteiger partial charge in [-0.1, -0.05) is 22.0 Å². The summed E-state index contributed by atoms with van der Waals surface area (Å²) < 4.78 is 0.888. The number of hydrogen-bond acceptors (Lipinski definition) is 2. The topological polar surface area (TPSA) is 57.6 Å². The molecule has 0 radical (unpaired) electrons. The average Bonchev–Trinajstić information content (AvgIpc) is 2.19. The van der Waals surface area contributed by atoms with Gasteiger partial charge in [-0.2, -0.15) is 0 Å². The quantitative estimate of drug-likeness (QED) is 0.907. The molecule has 1 heterocycles. The van der Waals surface area contributed by atoms with Gasteiger partial charge in [0.25, 0.3) is 5.91 Å². The molecule has 1 aliphatic heterocycles. The lowest BCUT2D eigenvalue weighted by molar-refractivity contribution is -0.146. The molecule has 1 aromatic carbocycles. The van der Waals surface area contributed by atoms with Gasteiger partial charge in [-0.3, -0.25) is 9.59 Å². The van der Waals surface area contributed by atoms with Crippen molar-refractivity contribution in [2.24, 2.45) is 5.92 Å². The molecule has 0 atom stereocenters. The number of carbonyl (C=O) groups is 2. The third-order valence-corrected chi connectivity index (χ3v) is 3.79. The maximum atomic E-state index is 12.0. The van der Waals surface area contributed by atoms with E-state index in [1.807, 2.05) is 13.0 Å². The number of likely N-dealkylation sites (tertiary alicyclic amines) is 1. The summed E-state index contributed by atoms with van der Waals surface area (Å²) in [5, 5.41) is 8.74. The zero-order valence-corrected chi connectivity index (χ0v) is 10.9. The van der Waals surface area contributed by atoms with Crippen molar-refractivity contribution in [1.82, 2.24) is 4.90 Å². The molecular formula is C12H12BrNO3. The molecule has 90 valence electrons. The highest BCUT2D eigenvalue weighted by atomic mass is 79.9. The van der Waals surface area contributed by atoms with E-state index in [2.05, 4.69) is 15.9 Å². The fraction of sp³-hybridized carbons (Fsp3) is 0.333. The molecule has 1 saturated heterocycles. The standard InChI is InChI=1S/C12H12BrNO3/c1-7-2-3-8(4-10(7)13)11(15)14-5-9(6-14)12(16)17/h2-4,9H,5-6H2,1H3,(H,16,17). The lowest BCUT2D eigenvalue weighted by Gasteiger charge is -2.36. The Labute approximate surface area is 107 Å². The fourth-order valence-corrected chi connectivity index (χ4v) is 2.09. The van der Waals surface area contributed by atoms with Crippen molar-refractivity contribution in [1.29, 1.82) is 0 Å². The van der Waals surface area contributed by atoms with E-state index in [1.54, 1.807) is 17.0 Å². The zero-order chi connectivity index (χ0) is 12.6.